The van der Waals surface area contributed by atoms with Gasteiger partial charge in [-0.15, -0.1) is 11.6 Å². The van der Waals surface area contributed by atoms with Crippen LogP contribution >= 0.6 is 34.8 Å². The Morgan fingerprint density at radius 1 is 1.29 bits per heavy atom. The number of benzene rings is 1. The molecule has 0 spiro atoms. The maximum absolute atomic E-state index is 5.99. The fourth-order valence-corrected chi connectivity index (χ4v) is 1.74. The van der Waals surface area contributed by atoms with E-state index in [0.717, 1.165) is 12.1 Å². The second-order valence-corrected chi connectivity index (χ2v) is 4.67. The predicted molar refractivity (Wildman–Crippen MR) is 63.5 cm³/mol. The molecule has 1 rings (SSSR count). The zero-order chi connectivity index (χ0) is 10.6. The van der Waals surface area contributed by atoms with Crippen molar-refractivity contribution < 1.29 is 0 Å². The summed E-state index contributed by atoms with van der Waals surface area (Å²) in [5, 5.41) is 4.66. The van der Waals surface area contributed by atoms with Gasteiger partial charge in [0.25, 0.3) is 0 Å². The van der Waals surface area contributed by atoms with Crippen LogP contribution in [0.4, 0.5) is 0 Å². The molecule has 0 aliphatic carbocycles. The van der Waals surface area contributed by atoms with Crippen LogP contribution in [0.5, 0.6) is 0 Å². The maximum atomic E-state index is 5.99. The van der Waals surface area contributed by atoms with Gasteiger partial charge in [0.05, 0.1) is 0 Å². The van der Waals surface area contributed by atoms with E-state index >= 15 is 0 Å². The van der Waals surface area contributed by atoms with Crippen molar-refractivity contribution >= 4 is 34.8 Å². The summed E-state index contributed by atoms with van der Waals surface area (Å²) >= 11 is 17.8. The molecule has 0 fully saturated rings. The van der Waals surface area contributed by atoms with Gasteiger partial charge in [-0.1, -0.05) is 29.3 Å². The Balaban J connectivity index is 2.58. The summed E-state index contributed by atoms with van der Waals surface area (Å²) in [7, 11) is 0. The van der Waals surface area contributed by atoms with E-state index in [1.54, 1.807) is 0 Å². The third-order valence-corrected chi connectivity index (χ3v) is 2.65. The summed E-state index contributed by atoms with van der Waals surface area (Å²) in [4.78, 5) is 0. The van der Waals surface area contributed by atoms with Gasteiger partial charge in [0.1, 0.15) is 0 Å². The number of hydrogen-bond acceptors (Lipinski definition) is 1. The SMILES string of the molecule is CC(Cl)CNCc1c(Cl)cccc1Cl. The van der Waals surface area contributed by atoms with Crippen molar-refractivity contribution in [2.24, 2.45) is 0 Å². The number of hydrogen-bond donors (Lipinski definition) is 1. The Labute approximate surface area is 99.4 Å². The van der Waals surface area contributed by atoms with Gasteiger partial charge in [0.15, 0.2) is 0 Å². The molecule has 0 amide bonds. The van der Waals surface area contributed by atoms with Gasteiger partial charge in [0.2, 0.25) is 0 Å². The Hall–Kier alpha value is 0.0500. The van der Waals surface area contributed by atoms with Gasteiger partial charge in [-0.2, -0.15) is 0 Å². The van der Waals surface area contributed by atoms with E-state index < -0.39 is 0 Å². The molecule has 0 bridgehead atoms. The Bertz CT molecular complexity index is 279. The molecule has 0 aliphatic rings. The van der Waals surface area contributed by atoms with Crippen LogP contribution in [0, 0.1) is 0 Å². The van der Waals surface area contributed by atoms with Crippen LogP contribution in [0.3, 0.4) is 0 Å². The largest absolute Gasteiger partial charge is 0.311 e. The summed E-state index contributed by atoms with van der Waals surface area (Å²) in [6, 6.07) is 5.49. The number of nitrogens with one attached hydrogen (secondary N) is 1. The summed E-state index contributed by atoms with van der Waals surface area (Å²) in [6.45, 7) is 3.32. The van der Waals surface area contributed by atoms with E-state index in [1.165, 1.54) is 0 Å². The highest BCUT2D eigenvalue weighted by atomic mass is 35.5. The molecule has 1 N–H and O–H groups in total. The molecule has 0 radical (unpaired) electrons. The fourth-order valence-electron chi connectivity index (χ4n) is 1.10. The van der Waals surface area contributed by atoms with Crippen molar-refractivity contribution in [2.75, 3.05) is 6.54 Å². The third kappa shape index (κ3) is 3.66. The van der Waals surface area contributed by atoms with Gasteiger partial charge >= 0.3 is 0 Å². The molecule has 0 saturated carbocycles. The third-order valence-electron chi connectivity index (χ3n) is 1.79. The molecule has 0 heterocycles. The lowest BCUT2D eigenvalue weighted by Crippen LogP contribution is -2.21. The normalized spacial score (nSPS) is 12.9. The maximum Gasteiger partial charge on any atom is 0.0465 e. The van der Waals surface area contributed by atoms with Crippen molar-refractivity contribution in [2.45, 2.75) is 18.8 Å². The molecule has 78 valence electrons. The lowest BCUT2D eigenvalue weighted by molar-refractivity contribution is 0.680. The molecule has 1 unspecified atom stereocenters. The average Bonchev–Trinajstić information content (AvgIpc) is 2.09. The van der Waals surface area contributed by atoms with E-state index in [-0.39, 0.29) is 5.38 Å². The van der Waals surface area contributed by atoms with Crippen molar-refractivity contribution in [3.8, 4) is 0 Å². The van der Waals surface area contributed by atoms with E-state index in [9.17, 15) is 0 Å². The monoisotopic (exact) mass is 251 g/mol. The van der Waals surface area contributed by atoms with Gasteiger partial charge in [-0.25, -0.2) is 0 Å². The van der Waals surface area contributed by atoms with E-state index in [0.29, 0.717) is 16.6 Å². The van der Waals surface area contributed by atoms with Crippen molar-refractivity contribution in [3.63, 3.8) is 0 Å². The van der Waals surface area contributed by atoms with Gasteiger partial charge in [-0.3, -0.25) is 0 Å². The molecule has 0 aromatic heterocycles. The topological polar surface area (TPSA) is 12.0 Å². The zero-order valence-corrected chi connectivity index (χ0v) is 10.1. The van der Waals surface area contributed by atoms with Crippen LogP contribution in [0.15, 0.2) is 18.2 Å². The summed E-state index contributed by atoms with van der Waals surface area (Å²) in [5.74, 6) is 0. The highest BCUT2D eigenvalue weighted by Gasteiger charge is 2.04. The molecule has 1 atom stereocenters. The van der Waals surface area contributed by atoms with E-state index in [4.69, 9.17) is 34.8 Å². The fraction of sp³-hybridized carbons (Fsp3) is 0.400. The van der Waals surface area contributed by atoms with Crippen molar-refractivity contribution in [1.82, 2.24) is 5.32 Å². The summed E-state index contributed by atoms with van der Waals surface area (Å²) in [6.07, 6.45) is 0. The highest BCUT2D eigenvalue weighted by Crippen LogP contribution is 2.23. The van der Waals surface area contributed by atoms with E-state index in [2.05, 4.69) is 5.32 Å². The minimum atomic E-state index is 0.108. The number of alkyl halides is 1. The standard InChI is InChI=1S/C10H12Cl3N/c1-7(11)5-14-6-8-9(12)3-2-4-10(8)13/h2-4,7,14H,5-6H2,1H3. The zero-order valence-electron chi connectivity index (χ0n) is 7.86. The lowest BCUT2D eigenvalue weighted by Gasteiger charge is -2.09. The first-order valence-electron chi connectivity index (χ1n) is 4.39. The second-order valence-electron chi connectivity index (χ2n) is 3.11. The highest BCUT2D eigenvalue weighted by molar-refractivity contribution is 6.35. The first-order chi connectivity index (χ1) is 6.61. The number of halogens is 3. The van der Waals surface area contributed by atoms with Crippen LogP contribution in [-0.2, 0) is 6.54 Å². The molecule has 14 heavy (non-hydrogen) atoms. The first-order valence-corrected chi connectivity index (χ1v) is 5.58. The van der Waals surface area contributed by atoms with Gasteiger partial charge in [-0.05, 0) is 19.1 Å². The van der Waals surface area contributed by atoms with Crippen LogP contribution < -0.4 is 5.32 Å². The van der Waals surface area contributed by atoms with Crippen LogP contribution in [-0.4, -0.2) is 11.9 Å². The second kappa shape index (κ2) is 5.82. The molecule has 1 aromatic rings. The smallest absolute Gasteiger partial charge is 0.0465 e. The van der Waals surface area contributed by atoms with E-state index in [1.807, 2.05) is 25.1 Å². The molecule has 4 heteroatoms. The lowest BCUT2D eigenvalue weighted by atomic mass is 10.2. The predicted octanol–water partition coefficient (Wildman–Crippen LogP) is 3.71. The van der Waals surface area contributed by atoms with Crippen LogP contribution in [0.1, 0.15) is 12.5 Å². The quantitative estimate of drug-likeness (QED) is 0.806. The summed E-state index contributed by atoms with van der Waals surface area (Å²) in [5.41, 5.74) is 0.924. The molecule has 1 aromatic carbocycles. The number of rotatable bonds is 4. The summed E-state index contributed by atoms with van der Waals surface area (Å²) < 4.78 is 0. The Morgan fingerprint density at radius 2 is 1.86 bits per heavy atom. The van der Waals surface area contributed by atoms with Crippen LogP contribution in [0.25, 0.3) is 0 Å². The first kappa shape index (κ1) is 12.1. The van der Waals surface area contributed by atoms with Gasteiger partial charge in [0, 0.05) is 34.1 Å². The van der Waals surface area contributed by atoms with Gasteiger partial charge < -0.3 is 5.32 Å². The van der Waals surface area contributed by atoms with Crippen LogP contribution in [0.2, 0.25) is 10.0 Å². The van der Waals surface area contributed by atoms with Crippen molar-refractivity contribution in [1.29, 1.82) is 0 Å². The Kier molecular flexibility index (Phi) is 5.04. The average molecular weight is 253 g/mol. The molecular formula is C10H12Cl3N. The minimum absolute atomic E-state index is 0.108. The molecule has 0 saturated heterocycles. The Morgan fingerprint density at radius 3 is 2.36 bits per heavy atom. The van der Waals surface area contributed by atoms with Crippen molar-refractivity contribution in [3.05, 3.63) is 33.8 Å². The molecule has 0 aliphatic heterocycles. The molecular weight excluding hydrogens is 240 g/mol. The molecule has 1 nitrogen and oxygen atoms in total. The minimum Gasteiger partial charge on any atom is -0.311 e.